The van der Waals surface area contributed by atoms with Crippen LogP contribution in [0.5, 0.6) is 17.2 Å². The van der Waals surface area contributed by atoms with Crippen molar-refractivity contribution in [1.82, 2.24) is 9.88 Å². The number of amides is 1. The molecule has 1 heterocycles. The van der Waals surface area contributed by atoms with E-state index in [-0.39, 0.29) is 5.91 Å². The summed E-state index contributed by atoms with van der Waals surface area (Å²) >= 11 is 0. The highest BCUT2D eigenvalue weighted by atomic mass is 16.5. The number of hydrogen-bond acceptors (Lipinski definition) is 4. The molecule has 4 aromatic rings. The van der Waals surface area contributed by atoms with Gasteiger partial charge >= 0.3 is 0 Å². The minimum absolute atomic E-state index is 0.175. The number of para-hydroxylation sites is 1. The van der Waals surface area contributed by atoms with Gasteiger partial charge in [0.1, 0.15) is 0 Å². The number of aromatic nitrogens is 1. The van der Waals surface area contributed by atoms with Crippen molar-refractivity contribution >= 4 is 16.8 Å². The Morgan fingerprint density at radius 2 is 1.56 bits per heavy atom. The molecular formula is C28H30N2O4. The van der Waals surface area contributed by atoms with Crippen molar-refractivity contribution in [2.75, 3.05) is 27.9 Å². The summed E-state index contributed by atoms with van der Waals surface area (Å²) in [5, 5.41) is 4.27. The van der Waals surface area contributed by atoms with E-state index in [9.17, 15) is 4.79 Å². The number of aryl methyl sites for hydroxylation is 1. The van der Waals surface area contributed by atoms with Crippen molar-refractivity contribution in [3.8, 4) is 17.2 Å². The zero-order valence-corrected chi connectivity index (χ0v) is 19.8. The van der Waals surface area contributed by atoms with Crippen LogP contribution in [-0.2, 0) is 13.0 Å². The van der Waals surface area contributed by atoms with E-state index in [0.717, 1.165) is 19.4 Å². The first-order valence-electron chi connectivity index (χ1n) is 11.3. The second-order valence-corrected chi connectivity index (χ2v) is 8.06. The summed E-state index contributed by atoms with van der Waals surface area (Å²) in [6, 6.07) is 22.3. The normalized spacial score (nSPS) is 10.8. The highest BCUT2D eigenvalue weighted by Gasteiger charge is 2.17. The number of rotatable bonds is 10. The Bertz CT molecular complexity index is 1240. The summed E-state index contributed by atoms with van der Waals surface area (Å²) in [5.41, 5.74) is 4.25. The molecule has 4 rings (SSSR count). The fraction of sp³-hybridized carbons (Fsp3) is 0.250. The summed E-state index contributed by atoms with van der Waals surface area (Å²) in [6.45, 7) is 1.40. The van der Waals surface area contributed by atoms with Gasteiger partial charge in [0.2, 0.25) is 5.75 Å². The number of carbonyl (C=O) groups is 1. The van der Waals surface area contributed by atoms with Crippen LogP contribution in [0.4, 0.5) is 0 Å². The lowest BCUT2D eigenvalue weighted by Crippen LogP contribution is -2.24. The minimum Gasteiger partial charge on any atom is -0.493 e. The number of benzene rings is 3. The van der Waals surface area contributed by atoms with Gasteiger partial charge in [-0.1, -0.05) is 48.5 Å². The van der Waals surface area contributed by atoms with E-state index in [2.05, 4.69) is 64.6 Å². The lowest BCUT2D eigenvalue weighted by Gasteiger charge is -2.14. The highest BCUT2D eigenvalue weighted by molar-refractivity contribution is 5.95. The van der Waals surface area contributed by atoms with E-state index in [0.29, 0.717) is 29.4 Å². The minimum atomic E-state index is -0.175. The van der Waals surface area contributed by atoms with Crippen LogP contribution in [0.25, 0.3) is 10.9 Å². The van der Waals surface area contributed by atoms with Crippen molar-refractivity contribution in [1.29, 1.82) is 0 Å². The monoisotopic (exact) mass is 458 g/mol. The fourth-order valence-corrected chi connectivity index (χ4v) is 4.23. The summed E-state index contributed by atoms with van der Waals surface area (Å²) in [7, 11) is 4.61. The first-order valence-corrected chi connectivity index (χ1v) is 11.3. The summed E-state index contributed by atoms with van der Waals surface area (Å²) < 4.78 is 18.3. The van der Waals surface area contributed by atoms with Gasteiger partial charge in [-0.3, -0.25) is 4.79 Å². The van der Waals surface area contributed by atoms with Crippen LogP contribution in [0.3, 0.4) is 0 Å². The number of hydrogen-bond donors (Lipinski definition) is 1. The van der Waals surface area contributed by atoms with Gasteiger partial charge in [0, 0.05) is 35.8 Å². The van der Waals surface area contributed by atoms with Crippen LogP contribution < -0.4 is 19.5 Å². The zero-order valence-electron chi connectivity index (χ0n) is 19.8. The molecule has 0 saturated heterocycles. The maximum absolute atomic E-state index is 12.7. The van der Waals surface area contributed by atoms with Crippen LogP contribution in [0.15, 0.2) is 72.9 Å². The molecule has 1 aromatic heterocycles. The van der Waals surface area contributed by atoms with E-state index >= 15 is 0 Å². The lowest BCUT2D eigenvalue weighted by atomic mass is 10.1. The molecule has 0 aliphatic heterocycles. The van der Waals surface area contributed by atoms with Gasteiger partial charge < -0.3 is 24.1 Å². The topological polar surface area (TPSA) is 61.7 Å². The summed E-state index contributed by atoms with van der Waals surface area (Å²) in [4.78, 5) is 12.7. The van der Waals surface area contributed by atoms with Gasteiger partial charge in [-0.2, -0.15) is 0 Å². The molecular weight excluding hydrogens is 428 g/mol. The molecule has 0 atom stereocenters. The van der Waals surface area contributed by atoms with Gasteiger partial charge in [0.05, 0.1) is 21.3 Å². The standard InChI is InChI=1S/C28H30N2O4/c1-32-25-16-22(17-26(33-2)27(25)34-3)28(31)29-15-9-12-21-19-30(18-20-10-5-4-6-11-20)24-14-8-7-13-23(21)24/h4-8,10-11,13-14,16-17,19H,9,12,15,18H2,1-3H3,(H,29,31). The Morgan fingerprint density at radius 3 is 2.24 bits per heavy atom. The Labute approximate surface area is 200 Å². The van der Waals surface area contributed by atoms with E-state index in [1.807, 2.05) is 6.07 Å². The molecule has 0 aliphatic carbocycles. The fourth-order valence-electron chi connectivity index (χ4n) is 4.23. The molecule has 1 amide bonds. The molecule has 6 nitrogen and oxygen atoms in total. The van der Waals surface area contributed by atoms with Crippen LogP contribution in [0, 0.1) is 0 Å². The first kappa shape index (κ1) is 23.2. The van der Waals surface area contributed by atoms with Crippen molar-refractivity contribution in [3.05, 3.63) is 89.6 Å². The van der Waals surface area contributed by atoms with E-state index < -0.39 is 0 Å². The van der Waals surface area contributed by atoms with Gasteiger partial charge in [-0.05, 0) is 42.2 Å². The molecule has 0 spiro atoms. The highest BCUT2D eigenvalue weighted by Crippen LogP contribution is 2.38. The van der Waals surface area contributed by atoms with Crippen LogP contribution in [0.2, 0.25) is 0 Å². The molecule has 176 valence electrons. The predicted octanol–water partition coefficient (Wildman–Crippen LogP) is 5.08. The second-order valence-electron chi connectivity index (χ2n) is 8.06. The molecule has 0 unspecified atom stereocenters. The van der Waals surface area contributed by atoms with Crippen LogP contribution >= 0.6 is 0 Å². The zero-order chi connectivity index (χ0) is 23.9. The number of fused-ring (bicyclic) bond motifs is 1. The van der Waals surface area contributed by atoms with Crippen LogP contribution in [-0.4, -0.2) is 38.3 Å². The molecule has 0 aliphatic rings. The van der Waals surface area contributed by atoms with Crippen molar-refractivity contribution in [2.45, 2.75) is 19.4 Å². The third-order valence-corrected chi connectivity index (χ3v) is 5.90. The summed E-state index contributed by atoms with van der Waals surface area (Å²) in [5.74, 6) is 1.20. The summed E-state index contributed by atoms with van der Waals surface area (Å²) in [6.07, 6.45) is 3.94. The van der Waals surface area contributed by atoms with Crippen molar-refractivity contribution < 1.29 is 19.0 Å². The van der Waals surface area contributed by atoms with E-state index in [4.69, 9.17) is 14.2 Å². The van der Waals surface area contributed by atoms with Crippen molar-refractivity contribution in [3.63, 3.8) is 0 Å². The Balaban J connectivity index is 1.41. The maximum atomic E-state index is 12.7. The maximum Gasteiger partial charge on any atom is 0.251 e. The number of methoxy groups -OCH3 is 3. The van der Waals surface area contributed by atoms with Crippen LogP contribution in [0.1, 0.15) is 27.9 Å². The molecule has 34 heavy (non-hydrogen) atoms. The van der Waals surface area contributed by atoms with Gasteiger partial charge in [0.15, 0.2) is 11.5 Å². The molecule has 6 heteroatoms. The molecule has 0 bridgehead atoms. The average Bonchev–Trinajstić information content (AvgIpc) is 3.23. The third kappa shape index (κ3) is 5.01. The van der Waals surface area contributed by atoms with Crippen molar-refractivity contribution in [2.24, 2.45) is 0 Å². The Morgan fingerprint density at radius 1 is 0.882 bits per heavy atom. The predicted molar refractivity (Wildman–Crippen MR) is 134 cm³/mol. The second kappa shape index (κ2) is 10.8. The van der Waals surface area contributed by atoms with E-state index in [1.165, 1.54) is 43.4 Å². The number of ether oxygens (including phenoxy) is 3. The Kier molecular flexibility index (Phi) is 7.38. The van der Waals surface area contributed by atoms with Gasteiger partial charge in [0.25, 0.3) is 5.91 Å². The van der Waals surface area contributed by atoms with Gasteiger partial charge in [-0.15, -0.1) is 0 Å². The molecule has 1 N–H and O–H groups in total. The molecule has 0 saturated carbocycles. The van der Waals surface area contributed by atoms with Gasteiger partial charge in [-0.25, -0.2) is 0 Å². The number of nitrogens with zero attached hydrogens (tertiary/aromatic N) is 1. The SMILES string of the molecule is COc1cc(C(=O)NCCCc2cn(Cc3ccccc3)c3ccccc23)cc(OC)c1OC. The lowest BCUT2D eigenvalue weighted by molar-refractivity contribution is 0.0952. The number of nitrogens with one attached hydrogen (secondary N) is 1. The number of carbonyl (C=O) groups excluding carboxylic acids is 1. The Hall–Kier alpha value is -3.93. The third-order valence-electron chi connectivity index (χ3n) is 5.90. The smallest absolute Gasteiger partial charge is 0.251 e. The quantitative estimate of drug-likeness (QED) is 0.337. The molecule has 0 fully saturated rings. The average molecular weight is 459 g/mol. The molecule has 0 radical (unpaired) electrons. The largest absolute Gasteiger partial charge is 0.493 e. The molecule has 3 aromatic carbocycles. The van der Waals surface area contributed by atoms with E-state index in [1.54, 1.807) is 12.1 Å². The first-order chi connectivity index (χ1) is 16.6.